The Morgan fingerprint density at radius 3 is 2.81 bits per heavy atom. The Hall–Kier alpha value is -2.14. The monoisotopic (exact) mass is 301 g/mol. The summed E-state index contributed by atoms with van der Waals surface area (Å²) in [6.07, 6.45) is 0. The van der Waals surface area contributed by atoms with Crippen LogP contribution in [0.5, 0.6) is 0 Å². The molecular formula is C16H16FN3S. The standard InChI is InChI=1S/C16H16FN3S/c1-9(11-5-3-4-6-12(11)17)19-14-8-15-16(7-13(14)18)21-10(2)20-15/h3-9,19H,18H2,1-2H3. The van der Waals surface area contributed by atoms with Crippen molar-refractivity contribution >= 4 is 32.9 Å². The number of aryl methyl sites for hydroxylation is 1. The molecule has 0 amide bonds. The van der Waals surface area contributed by atoms with Gasteiger partial charge in [0.25, 0.3) is 0 Å². The van der Waals surface area contributed by atoms with Crippen LogP contribution in [0.1, 0.15) is 23.5 Å². The van der Waals surface area contributed by atoms with Gasteiger partial charge < -0.3 is 11.1 Å². The number of anilines is 2. The van der Waals surface area contributed by atoms with Crippen LogP contribution in [0.2, 0.25) is 0 Å². The molecule has 3 aromatic rings. The Bertz CT molecular complexity index is 797. The molecule has 0 spiro atoms. The maximum absolute atomic E-state index is 13.8. The molecule has 0 radical (unpaired) electrons. The van der Waals surface area contributed by atoms with E-state index in [0.717, 1.165) is 20.9 Å². The molecule has 21 heavy (non-hydrogen) atoms. The molecule has 0 bridgehead atoms. The van der Waals surface area contributed by atoms with E-state index < -0.39 is 0 Å². The zero-order chi connectivity index (χ0) is 15.0. The van der Waals surface area contributed by atoms with Crippen molar-refractivity contribution in [1.82, 2.24) is 4.98 Å². The molecule has 1 unspecified atom stereocenters. The molecular weight excluding hydrogens is 285 g/mol. The zero-order valence-electron chi connectivity index (χ0n) is 11.9. The second-order valence-corrected chi connectivity index (χ2v) is 6.26. The maximum Gasteiger partial charge on any atom is 0.128 e. The Labute approximate surface area is 126 Å². The molecule has 3 rings (SSSR count). The van der Waals surface area contributed by atoms with Gasteiger partial charge in [0.1, 0.15) is 5.82 Å². The van der Waals surface area contributed by atoms with Gasteiger partial charge in [-0.15, -0.1) is 11.3 Å². The number of fused-ring (bicyclic) bond motifs is 1. The first-order valence-corrected chi connectivity index (χ1v) is 7.54. The average Bonchev–Trinajstić information content (AvgIpc) is 2.78. The van der Waals surface area contributed by atoms with Crippen molar-refractivity contribution in [3.05, 3.63) is 52.8 Å². The summed E-state index contributed by atoms with van der Waals surface area (Å²) in [6, 6.07) is 10.4. The fraction of sp³-hybridized carbons (Fsp3) is 0.188. The SMILES string of the molecule is Cc1nc2cc(NC(C)c3ccccc3F)c(N)cc2s1. The third-order valence-corrected chi connectivity index (χ3v) is 4.34. The van der Waals surface area contributed by atoms with Crippen LogP contribution in [0.25, 0.3) is 10.2 Å². The van der Waals surface area contributed by atoms with Crippen molar-refractivity contribution in [2.45, 2.75) is 19.9 Å². The summed E-state index contributed by atoms with van der Waals surface area (Å²) in [5.41, 5.74) is 9.04. The van der Waals surface area contributed by atoms with Gasteiger partial charge in [0.2, 0.25) is 0 Å². The lowest BCUT2D eigenvalue weighted by Gasteiger charge is -2.17. The third kappa shape index (κ3) is 2.69. The smallest absolute Gasteiger partial charge is 0.128 e. The fourth-order valence-corrected chi connectivity index (χ4v) is 3.22. The number of halogens is 1. The van der Waals surface area contributed by atoms with E-state index in [0.29, 0.717) is 11.3 Å². The minimum absolute atomic E-state index is 0.175. The third-order valence-electron chi connectivity index (χ3n) is 3.41. The van der Waals surface area contributed by atoms with Crippen LogP contribution in [0.15, 0.2) is 36.4 Å². The quantitative estimate of drug-likeness (QED) is 0.700. The largest absolute Gasteiger partial charge is 0.397 e. The number of hydrogen-bond acceptors (Lipinski definition) is 4. The molecule has 2 aromatic carbocycles. The molecule has 3 nitrogen and oxygen atoms in total. The molecule has 5 heteroatoms. The number of hydrogen-bond donors (Lipinski definition) is 2. The summed E-state index contributed by atoms with van der Waals surface area (Å²) in [5.74, 6) is -0.221. The first-order valence-electron chi connectivity index (χ1n) is 6.72. The lowest BCUT2D eigenvalue weighted by molar-refractivity contribution is 0.600. The van der Waals surface area contributed by atoms with E-state index in [1.165, 1.54) is 6.07 Å². The zero-order valence-corrected chi connectivity index (χ0v) is 12.7. The first kappa shape index (κ1) is 13.8. The highest BCUT2D eigenvalue weighted by atomic mass is 32.1. The molecule has 1 atom stereocenters. The highest BCUT2D eigenvalue weighted by molar-refractivity contribution is 7.18. The van der Waals surface area contributed by atoms with Crippen LogP contribution in [-0.4, -0.2) is 4.98 Å². The van der Waals surface area contributed by atoms with Crippen LogP contribution in [-0.2, 0) is 0 Å². The number of nitrogens with two attached hydrogens (primary N) is 1. The number of aromatic nitrogens is 1. The Balaban J connectivity index is 1.94. The lowest BCUT2D eigenvalue weighted by atomic mass is 10.1. The molecule has 3 N–H and O–H groups in total. The maximum atomic E-state index is 13.8. The van der Waals surface area contributed by atoms with E-state index in [1.807, 2.05) is 32.0 Å². The highest BCUT2D eigenvalue weighted by Crippen LogP contribution is 2.32. The van der Waals surface area contributed by atoms with E-state index in [-0.39, 0.29) is 11.9 Å². The van der Waals surface area contributed by atoms with Gasteiger partial charge in [0.05, 0.1) is 32.6 Å². The number of nitrogens with one attached hydrogen (secondary N) is 1. The van der Waals surface area contributed by atoms with Gasteiger partial charge in [-0.3, -0.25) is 0 Å². The van der Waals surface area contributed by atoms with Crippen molar-refractivity contribution in [3.63, 3.8) is 0 Å². The molecule has 0 aliphatic carbocycles. The minimum atomic E-state index is -0.221. The van der Waals surface area contributed by atoms with Gasteiger partial charge >= 0.3 is 0 Å². The fourth-order valence-electron chi connectivity index (χ4n) is 2.37. The molecule has 0 saturated carbocycles. The Morgan fingerprint density at radius 2 is 2.05 bits per heavy atom. The predicted octanol–water partition coefficient (Wildman–Crippen LogP) is 4.50. The number of nitrogens with zero attached hydrogens (tertiary/aromatic N) is 1. The molecule has 0 aliphatic heterocycles. The minimum Gasteiger partial charge on any atom is -0.397 e. The van der Waals surface area contributed by atoms with E-state index in [1.54, 1.807) is 23.5 Å². The van der Waals surface area contributed by atoms with E-state index in [9.17, 15) is 4.39 Å². The lowest BCUT2D eigenvalue weighted by Crippen LogP contribution is -2.10. The summed E-state index contributed by atoms with van der Waals surface area (Å²) in [7, 11) is 0. The van der Waals surface area contributed by atoms with Crippen LogP contribution in [0.3, 0.4) is 0 Å². The molecule has 0 aliphatic rings. The van der Waals surface area contributed by atoms with Crippen molar-refractivity contribution in [3.8, 4) is 0 Å². The summed E-state index contributed by atoms with van der Waals surface area (Å²) in [5, 5.41) is 4.27. The Morgan fingerprint density at radius 1 is 1.29 bits per heavy atom. The van der Waals surface area contributed by atoms with Crippen LogP contribution in [0, 0.1) is 12.7 Å². The topological polar surface area (TPSA) is 50.9 Å². The molecule has 1 heterocycles. The van der Waals surface area contributed by atoms with Crippen LogP contribution < -0.4 is 11.1 Å². The summed E-state index contributed by atoms with van der Waals surface area (Å²) in [4.78, 5) is 4.46. The van der Waals surface area contributed by atoms with Gasteiger partial charge in [-0.25, -0.2) is 9.37 Å². The second kappa shape index (κ2) is 5.33. The van der Waals surface area contributed by atoms with E-state index in [4.69, 9.17) is 5.73 Å². The van der Waals surface area contributed by atoms with Crippen molar-refractivity contribution in [1.29, 1.82) is 0 Å². The summed E-state index contributed by atoms with van der Waals surface area (Å²) >= 11 is 1.61. The molecule has 0 fully saturated rings. The van der Waals surface area contributed by atoms with Gasteiger partial charge in [-0.2, -0.15) is 0 Å². The van der Waals surface area contributed by atoms with E-state index >= 15 is 0 Å². The summed E-state index contributed by atoms with van der Waals surface area (Å²) in [6.45, 7) is 3.88. The highest BCUT2D eigenvalue weighted by Gasteiger charge is 2.13. The van der Waals surface area contributed by atoms with Gasteiger partial charge in [-0.05, 0) is 32.0 Å². The predicted molar refractivity (Wildman–Crippen MR) is 87.2 cm³/mol. The normalized spacial score (nSPS) is 12.5. The van der Waals surface area contributed by atoms with Crippen molar-refractivity contribution < 1.29 is 4.39 Å². The Kier molecular flexibility index (Phi) is 3.51. The van der Waals surface area contributed by atoms with Gasteiger partial charge in [-0.1, -0.05) is 18.2 Å². The first-order chi connectivity index (χ1) is 10.0. The number of benzene rings is 2. The number of rotatable bonds is 3. The van der Waals surface area contributed by atoms with Crippen molar-refractivity contribution in [2.24, 2.45) is 0 Å². The number of nitrogen functional groups attached to an aromatic ring is 1. The number of thiazole rings is 1. The molecule has 108 valence electrons. The van der Waals surface area contributed by atoms with Crippen LogP contribution >= 0.6 is 11.3 Å². The van der Waals surface area contributed by atoms with Crippen LogP contribution in [0.4, 0.5) is 15.8 Å². The second-order valence-electron chi connectivity index (χ2n) is 5.03. The van der Waals surface area contributed by atoms with Gasteiger partial charge in [0, 0.05) is 5.56 Å². The molecule has 1 aromatic heterocycles. The van der Waals surface area contributed by atoms with E-state index in [2.05, 4.69) is 10.3 Å². The summed E-state index contributed by atoms with van der Waals surface area (Å²) < 4.78 is 14.9. The average molecular weight is 301 g/mol. The van der Waals surface area contributed by atoms with Crippen molar-refractivity contribution in [2.75, 3.05) is 11.1 Å². The molecule has 0 saturated heterocycles. The van der Waals surface area contributed by atoms with Gasteiger partial charge in [0.15, 0.2) is 0 Å².